The lowest BCUT2D eigenvalue weighted by molar-refractivity contribution is -0.121. The quantitative estimate of drug-likeness (QED) is 0.803. The van der Waals surface area contributed by atoms with Gasteiger partial charge in [-0.05, 0) is 24.6 Å². The summed E-state index contributed by atoms with van der Waals surface area (Å²) >= 11 is 0. The van der Waals surface area contributed by atoms with Crippen LogP contribution in [0.15, 0.2) is 77.0 Å². The van der Waals surface area contributed by atoms with Gasteiger partial charge in [-0.25, -0.2) is 0 Å². The molecule has 2 aliphatic rings. The maximum Gasteiger partial charge on any atom is 0.262 e. The van der Waals surface area contributed by atoms with Crippen LogP contribution in [0.5, 0.6) is 0 Å². The number of hydrogen-bond donors (Lipinski definition) is 1. The van der Waals surface area contributed by atoms with Crippen molar-refractivity contribution in [3.63, 3.8) is 0 Å². The molecule has 4 rings (SSSR count). The fraction of sp³-hybridized carbons (Fsp3) is 0.174. The van der Waals surface area contributed by atoms with Gasteiger partial charge < -0.3 is 5.73 Å². The summed E-state index contributed by atoms with van der Waals surface area (Å²) in [5, 5.41) is 34.8. The first-order chi connectivity index (χ1) is 14.5. The van der Waals surface area contributed by atoms with Crippen molar-refractivity contribution >= 4 is 17.3 Å². The highest BCUT2D eigenvalue weighted by Gasteiger charge is 2.87. The zero-order valence-electron chi connectivity index (χ0n) is 16.1. The van der Waals surface area contributed by atoms with Gasteiger partial charge in [-0.3, -0.25) is 4.79 Å². The average Bonchev–Trinajstić information content (AvgIpc) is 3.35. The van der Waals surface area contributed by atoms with E-state index in [1.165, 1.54) is 5.01 Å². The summed E-state index contributed by atoms with van der Waals surface area (Å²) in [7, 11) is 0. The van der Waals surface area contributed by atoms with E-state index in [4.69, 9.17) is 5.73 Å². The van der Waals surface area contributed by atoms with Crippen molar-refractivity contribution in [1.29, 1.82) is 15.8 Å². The van der Waals surface area contributed by atoms with Crippen LogP contribution in [-0.2, 0) is 4.79 Å². The van der Waals surface area contributed by atoms with Crippen LogP contribution in [-0.4, -0.2) is 11.6 Å². The molecule has 1 aliphatic heterocycles. The molecule has 144 valence electrons. The number of hydrazone groups is 1. The number of nitriles is 3. The van der Waals surface area contributed by atoms with Gasteiger partial charge in [-0.2, -0.15) is 25.9 Å². The van der Waals surface area contributed by atoms with Crippen molar-refractivity contribution in [3.05, 3.63) is 77.5 Å². The molecule has 7 nitrogen and oxygen atoms in total. The molecule has 1 fully saturated rings. The second-order valence-electron chi connectivity index (χ2n) is 7.22. The number of carbonyl (C=O) groups is 1. The Hall–Kier alpha value is -4.41. The highest BCUT2D eigenvalue weighted by molar-refractivity contribution is 6.24. The van der Waals surface area contributed by atoms with Crippen LogP contribution in [0, 0.1) is 44.8 Å². The minimum absolute atomic E-state index is 0.193. The van der Waals surface area contributed by atoms with E-state index in [0.29, 0.717) is 11.4 Å². The SMILES string of the molecule is CC1=NN(c2ccccc2)C(=O)[C@@]12[C@H](c1ccccc1)[C@@]2(C#N)C(N)=C(C#N)C#N. The lowest BCUT2D eigenvalue weighted by Crippen LogP contribution is -2.35. The number of hydrogen-bond acceptors (Lipinski definition) is 6. The Balaban J connectivity index is 1.98. The molecule has 3 atom stereocenters. The molecular formula is C23H16N6O. The van der Waals surface area contributed by atoms with Crippen molar-refractivity contribution < 1.29 is 4.79 Å². The summed E-state index contributed by atoms with van der Waals surface area (Å²) in [6, 6.07) is 23.7. The average molecular weight is 392 g/mol. The topological polar surface area (TPSA) is 130 Å². The van der Waals surface area contributed by atoms with Crippen LogP contribution in [0.25, 0.3) is 0 Å². The summed E-state index contributed by atoms with van der Waals surface area (Å²) in [5.41, 5.74) is 4.44. The molecule has 0 unspecified atom stereocenters. The predicted molar refractivity (Wildman–Crippen MR) is 109 cm³/mol. The summed E-state index contributed by atoms with van der Waals surface area (Å²) in [6.45, 7) is 1.68. The van der Waals surface area contributed by atoms with Gasteiger partial charge in [0.15, 0.2) is 0 Å². The van der Waals surface area contributed by atoms with Gasteiger partial charge in [0.05, 0.1) is 23.2 Å². The van der Waals surface area contributed by atoms with Crippen molar-refractivity contribution in [3.8, 4) is 18.2 Å². The second-order valence-corrected chi connectivity index (χ2v) is 7.22. The van der Waals surface area contributed by atoms with Crippen LogP contribution in [0.2, 0.25) is 0 Å². The van der Waals surface area contributed by atoms with Crippen LogP contribution in [0.3, 0.4) is 0 Å². The molecule has 0 radical (unpaired) electrons. The first kappa shape index (κ1) is 18.9. The van der Waals surface area contributed by atoms with E-state index in [2.05, 4.69) is 11.2 Å². The summed E-state index contributed by atoms with van der Waals surface area (Å²) in [5.74, 6) is -1.07. The summed E-state index contributed by atoms with van der Waals surface area (Å²) in [6.07, 6.45) is 0. The molecule has 2 aromatic carbocycles. The Morgan fingerprint density at radius 1 is 1.03 bits per heavy atom. The fourth-order valence-electron chi connectivity index (χ4n) is 4.67. The molecule has 0 aromatic heterocycles. The van der Waals surface area contributed by atoms with Crippen molar-refractivity contribution in [2.45, 2.75) is 12.8 Å². The Bertz CT molecular complexity index is 1210. The Morgan fingerprint density at radius 3 is 2.13 bits per heavy atom. The lowest BCUT2D eigenvalue weighted by atomic mass is 9.85. The van der Waals surface area contributed by atoms with Crippen molar-refractivity contribution in [2.24, 2.45) is 21.7 Å². The number of allylic oxidation sites excluding steroid dienone is 2. The van der Waals surface area contributed by atoms with Crippen LogP contribution >= 0.6 is 0 Å². The van der Waals surface area contributed by atoms with Crippen LogP contribution in [0.4, 0.5) is 5.69 Å². The van der Waals surface area contributed by atoms with E-state index >= 15 is 0 Å². The summed E-state index contributed by atoms with van der Waals surface area (Å²) < 4.78 is 0. The van der Waals surface area contributed by atoms with Gasteiger partial charge in [0.2, 0.25) is 0 Å². The number of nitrogens with two attached hydrogens (primary N) is 1. The van der Waals surface area contributed by atoms with Gasteiger partial charge in [0.1, 0.15) is 28.5 Å². The molecule has 7 heteroatoms. The highest BCUT2D eigenvalue weighted by Crippen LogP contribution is 2.79. The van der Waals surface area contributed by atoms with Crippen molar-refractivity contribution in [2.75, 3.05) is 5.01 Å². The molecule has 2 aromatic rings. The molecular weight excluding hydrogens is 376 g/mol. The third kappa shape index (κ3) is 2.11. The fourth-order valence-corrected chi connectivity index (χ4v) is 4.67. The molecule has 30 heavy (non-hydrogen) atoms. The minimum atomic E-state index is -1.58. The third-order valence-electron chi connectivity index (χ3n) is 5.98. The zero-order chi connectivity index (χ0) is 21.5. The van der Waals surface area contributed by atoms with Gasteiger partial charge >= 0.3 is 0 Å². The smallest absolute Gasteiger partial charge is 0.262 e. The number of para-hydroxylation sites is 1. The molecule has 1 aliphatic carbocycles. The van der Waals surface area contributed by atoms with E-state index in [-0.39, 0.29) is 11.3 Å². The summed E-state index contributed by atoms with van der Waals surface area (Å²) in [4.78, 5) is 13.8. The molecule has 1 spiro atoms. The molecule has 1 saturated carbocycles. The van der Waals surface area contributed by atoms with E-state index < -0.39 is 22.7 Å². The second kappa shape index (κ2) is 6.58. The van der Waals surface area contributed by atoms with Crippen LogP contribution < -0.4 is 10.7 Å². The number of rotatable bonds is 3. The maximum absolute atomic E-state index is 13.8. The number of anilines is 1. The van der Waals surface area contributed by atoms with Gasteiger partial charge in [-0.15, -0.1) is 0 Å². The number of nitrogens with zero attached hydrogens (tertiary/aromatic N) is 5. The largest absolute Gasteiger partial charge is 0.399 e. The predicted octanol–water partition coefficient (Wildman–Crippen LogP) is 2.96. The Labute approximate surface area is 173 Å². The number of carbonyl (C=O) groups excluding carboxylic acids is 1. The standard InChI is InChI=1S/C23H16N6O/c1-15-23(21(30)29(28-15)18-10-6-3-7-11-18)19(16-8-4-2-5-9-16)22(23,14-26)20(27)17(12-24)13-25/h2-11,19H,27H2,1H3/t19-,22+,23+/m1/s1. The lowest BCUT2D eigenvalue weighted by Gasteiger charge is -2.17. The molecule has 1 amide bonds. The first-order valence-electron chi connectivity index (χ1n) is 9.22. The monoisotopic (exact) mass is 392 g/mol. The molecule has 1 heterocycles. The van der Waals surface area contributed by atoms with E-state index in [1.54, 1.807) is 55.5 Å². The van der Waals surface area contributed by atoms with E-state index in [0.717, 1.165) is 5.56 Å². The third-order valence-corrected chi connectivity index (χ3v) is 5.98. The Morgan fingerprint density at radius 2 is 1.60 bits per heavy atom. The minimum Gasteiger partial charge on any atom is -0.399 e. The van der Waals surface area contributed by atoms with Gasteiger partial charge in [0.25, 0.3) is 5.91 Å². The highest BCUT2D eigenvalue weighted by atomic mass is 16.2. The normalized spacial score (nSPS) is 26.3. The van der Waals surface area contributed by atoms with Gasteiger partial charge in [0, 0.05) is 5.92 Å². The van der Waals surface area contributed by atoms with E-state index in [1.807, 2.05) is 24.3 Å². The van der Waals surface area contributed by atoms with E-state index in [9.17, 15) is 20.6 Å². The maximum atomic E-state index is 13.8. The molecule has 0 saturated heterocycles. The molecule has 0 bridgehead atoms. The first-order valence-corrected chi connectivity index (χ1v) is 9.22. The Kier molecular flexibility index (Phi) is 4.15. The number of amides is 1. The number of benzene rings is 2. The van der Waals surface area contributed by atoms with Gasteiger partial charge in [-0.1, -0.05) is 48.5 Å². The van der Waals surface area contributed by atoms with Crippen molar-refractivity contribution in [1.82, 2.24) is 0 Å². The zero-order valence-corrected chi connectivity index (χ0v) is 16.1. The van der Waals surface area contributed by atoms with Crippen LogP contribution in [0.1, 0.15) is 18.4 Å². The molecule has 2 N–H and O–H groups in total.